The zero-order valence-electron chi connectivity index (χ0n) is 10.0. The summed E-state index contributed by atoms with van der Waals surface area (Å²) >= 11 is 0. The highest BCUT2D eigenvalue weighted by atomic mass is 16.6. The van der Waals surface area contributed by atoms with E-state index in [9.17, 15) is 10.1 Å². The minimum absolute atomic E-state index is 0.117. The van der Waals surface area contributed by atoms with Crippen molar-refractivity contribution in [1.29, 1.82) is 0 Å². The molecule has 0 heterocycles. The third-order valence-corrected chi connectivity index (χ3v) is 2.72. The lowest BCUT2D eigenvalue weighted by molar-refractivity contribution is -0.384. The summed E-state index contributed by atoms with van der Waals surface area (Å²) in [6.45, 7) is 1.99. The molecule has 2 aromatic rings. The van der Waals surface area contributed by atoms with Crippen molar-refractivity contribution in [3.63, 3.8) is 0 Å². The standard InChI is InChI=1S/C15H13NO2/c1-12(11-13-5-3-2-4-6-13)14-7-9-15(10-8-14)16(17)18/h2-11H,1H3/b12-11+. The Morgan fingerprint density at radius 2 is 1.67 bits per heavy atom. The minimum Gasteiger partial charge on any atom is -0.258 e. The van der Waals surface area contributed by atoms with Gasteiger partial charge in [0.05, 0.1) is 4.92 Å². The Labute approximate surface area is 106 Å². The molecule has 0 amide bonds. The number of rotatable bonds is 3. The van der Waals surface area contributed by atoms with E-state index in [0.717, 1.165) is 16.7 Å². The average molecular weight is 239 g/mol. The van der Waals surface area contributed by atoms with Gasteiger partial charge < -0.3 is 0 Å². The maximum Gasteiger partial charge on any atom is 0.269 e. The number of nitro benzene ring substituents is 1. The minimum atomic E-state index is -0.389. The summed E-state index contributed by atoms with van der Waals surface area (Å²) in [5.41, 5.74) is 3.31. The Hall–Kier alpha value is -2.42. The quantitative estimate of drug-likeness (QED) is 0.458. The van der Waals surface area contributed by atoms with Crippen molar-refractivity contribution >= 4 is 17.3 Å². The summed E-state index contributed by atoms with van der Waals surface area (Å²) in [6, 6.07) is 16.6. The molecule has 3 heteroatoms. The highest BCUT2D eigenvalue weighted by Gasteiger charge is 2.04. The van der Waals surface area contributed by atoms with Gasteiger partial charge in [0.15, 0.2) is 0 Å². The van der Waals surface area contributed by atoms with E-state index in [0.29, 0.717) is 0 Å². The fourth-order valence-electron chi connectivity index (χ4n) is 1.73. The van der Waals surface area contributed by atoms with E-state index in [1.807, 2.05) is 37.3 Å². The second-order valence-corrected chi connectivity index (χ2v) is 4.04. The first-order chi connectivity index (χ1) is 8.66. The third-order valence-electron chi connectivity index (χ3n) is 2.72. The maximum atomic E-state index is 10.6. The Morgan fingerprint density at radius 3 is 2.22 bits per heavy atom. The SMILES string of the molecule is C/C(=C\c1ccccc1)c1ccc([N+](=O)[O-])cc1. The van der Waals surface area contributed by atoms with Crippen LogP contribution >= 0.6 is 0 Å². The number of benzene rings is 2. The van der Waals surface area contributed by atoms with E-state index in [1.165, 1.54) is 12.1 Å². The lowest BCUT2D eigenvalue weighted by atomic mass is 10.0. The first-order valence-electron chi connectivity index (χ1n) is 5.65. The topological polar surface area (TPSA) is 43.1 Å². The second-order valence-electron chi connectivity index (χ2n) is 4.04. The van der Waals surface area contributed by atoms with Gasteiger partial charge >= 0.3 is 0 Å². The van der Waals surface area contributed by atoms with Crippen LogP contribution in [0.3, 0.4) is 0 Å². The van der Waals surface area contributed by atoms with Crippen molar-refractivity contribution in [3.05, 3.63) is 75.8 Å². The summed E-state index contributed by atoms with van der Waals surface area (Å²) < 4.78 is 0. The van der Waals surface area contributed by atoms with E-state index in [1.54, 1.807) is 12.1 Å². The predicted octanol–water partition coefficient (Wildman–Crippen LogP) is 4.16. The molecule has 0 unspecified atom stereocenters. The van der Waals surface area contributed by atoms with Crippen molar-refractivity contribution in [3.8, 4) is 0 Å². The smallest absolute Gasteiger partial charge is 0.258 e. The highest BCUT2D eigenvalue weighted by molar-refractivity contribution is 5.80. The first-order valence-corrected chi connectivity index (χ1v) is 5.65. The van der Waals surface area contributed by atoms with Gasteiger partial charge in [-0.15, -0.1) is 0 Å². The summed E-state index contributed by atoms with van der Waals surface area (Å²) in [6.07, 6.45) is 2.06. The molecule has 3 nitrogen and oxygen atoms in total. The maximum absolute atomic E-state index is 10.6. The Kier molecular flexibility index (Phi) is 3.53. The molecule has 0 atom stereocenters. The Morgan fingerprint density at radius 1 is 1.06 bits per heavy atom. The van der Waals surface area contributed by atoms with Gasteiger partial charge in [0, 0.05) is 12.1 Å². The van der Waals surface area contributed by atoms with Crippen molar-refractivity contribution in [2.45, 2.75) is 6.92 Å². The van der Waals surface area contributed by atoms with Crippen LogP contribution in [0.5, 0.6) is 0 Å². The van der Waals surface area contributed by atoms with Gasteiger partial charge in [-0.05, 0) is 35.8 Å². The van der Waals surface area contributed by atoms with Gasteiger partial charge in [0.2, 0.25) is 0 Å². The Balaban J connectivity index is 2.26. The molecule has 0 radical (unpaired) electrons. The second kappa shape index (κ2) is 5.27. The van der Waals surface area contributed by atoms with Crippen LogP contribution < -0.4 is 0 Å². The lowest BCUT2D eigenvalue weighted by Gasteiger charge is -2.01. The van der Waals surface area contributed by atoms with Crippen LogP contribution in [-0.2, 0) is 0 Å². The fraction of sp³-hybridized carbons (Fsp3) is 0.0667. The summed E-state index contributed by atoms with van der Waals surface area (Å²) in [5, 5.41) is 10.6. The van der Waals surface area contributed by atoms with E-state index in [2.05, 4.69) is 6.08 Å². The molecule has 2 aromatic carbocycles. The van der Waals surface area contributed by atoms with Gasteiger partial charge in [-0.3, -0.25) is 10.1 Å². The summed E-state index contributed by atoms with van der Waals surface area (Å²) in [7, 11) is 0. The molecule has 0 aliphatic rings. The molecular weight excluding hydrogens is 226 g/mol. The first kappa shape index (κ1) is 12.0. The van der Waals surface area contributed by atoms with Crippen molar-refractivity contribution in [2.24, 2.45) is 0 Å². The molecule has 0 aliphatic carbocycles. The molecule has 0 aromatic heterocycles. The van der Waals surface area contributed by atoms with Crippen LogP contribution in [0.15, 0.2) is 54.6 Å². The molecule has 0 bridgehead atoms. The largest absolute Gasteiger partial charge is 0.269 e. The molecule has 18 heavy (non-hydrogen) atoms. The van der Waals surface area contributed by atoms with Gasteiger partial charge in [-0.2, -0.15) is 0 Å². The molecule has 0 spiro atoms. The molecule has 0 aliphatic heterocycles. The van der Waals surface area contributed by atoms with E-state index < -0.39 is 0 Å². The Bertz CT molecular complexity index is 571. The normalized spacial score (nSPS) is 11.3. The van der Waals surface area contributed by atoms with Crippen LogP contribution in [0.2, 0.25) is 0 Å². The van der Waals surface area contributed by atoms with Crippen LogP contribution in [-0.4, -0.2) is 4.92 Å². The number of hydrogen-bond acceptors (Lipinski definition) is 2. The van der Waals surface area contributed by atoms with Gasteiger partial charge in [-0.25, -0.2) is 0 Å². The zero-order valence-corrected chi connectivity index (χ0v) is 10.0. The number of hydrogen-bond donors (Lipinski definition) is 0. The lowest BCUT2D eigenvalue weighted by Crippen LogP contribution is -1.88. The number of allylic oxidation sites excluding steroid dienone is 1. The zero-order chi connectivity index (χ0) is 13.0. The van der Waals surface area contributed by atoms with E-state index in [4.69, 9.17) is 0 Å². The molecule has 90 valence electrons. The predicted molar refractivity (Wildman–Crippen MR) is 73.1 cm³/mol. The molecule has 0 saturated heterocycles. The average Bonchev–Trinajstić information content (AvgIpc) is 2.40. The van der Waals surface area contributed by atoms with Crippen molar-refractivity contribution < 1.29 is 4.92 Å². The molecule has 0 saturated carbocycles. The van der Waals surface area contributed by atoms with E-state index >= 15 is 0 Å². The highest BCUT2D eigenvalue weighted by Crippen LogP contribution is 2.20. The fourth-order valence-corrected chi connectivity index (χ4v) is 1.73. The number of non-ortho nitro benzene ring substituents is 1. The molecular formula is C15H13NO2. The van der Waals surface area contributed by atoms with Crippen LogP contribution in [0.4, 0.5) is 5.69 Å². The van der Waals surface area contributed by atoms with Gasteiger partial charge in [-0.1, -0.05) is 36.4 Å². The van der Waals surface area contributed by atoms with Gasteiger partial charge in [0.1, 0.15) is 0 Å². The summed E-state index contributed by atoms with van der Waals surface area (Å²) in [5.74, 6) is 0. The number of nitro groups is 1. The molecule has 0 fully saturated rings. The molecule has 0 N–H and O–H groups in total. The summed E-state index contributed by atoms with van der Waals surface area (Å²) in [4.78, 5) is 10.2. The van der Waals surface area contributed by atoms with Crippen molar-refractivity contribution in [2.75, 3.05) is 0 Å². The molecule has 2 rings (SSSR count). The number of nitrogens with zero attached hydrogens (tertiary/aromatic N) is 1. The monoisotopic (exact) mass is 239 g/mol. The van der Waals surface area contributed by atoms with Crippen LogP contribution in [0, 0.1) is 10.1 Å². The van der Waals surface area contributed by atoms with Crippen LogP contribution in [0.25, 0.3) is 11.6 Å². The van der Waals surface area contributed by atoms with Crippen LogP contribution in [0.1, 0.15) is 18.1 Å². The van der Waals surface area contributed by atoms with E-state index in [-0.39, 0.29) is 10.6 Å². The van der Waals surface area contributed by atoms with Crippen molar-refractivity contribution in [1.82, 2.24) is 0 Å². The van der Waals surface area contributed by atoms with Gasteiger partial charge in [0.25, 0.3) is 5.69 Å². The third kappa shape index (κ3) is 2.83.